The van der Waals surface area contributed by atoms with Crippen molar-refractivity contribution in [2.24, 2.45) is 0 Å². The molecule has 0 bridgehead atoms. The van der Waals surface area contributed by atoms with Crippen molar-refractivity contribution in [1.29, 1.82) is 0 Å². The van der Waals surface area contributed by atoms with Crippen molar-refractivity contribution in [1.82, 2.24) is 0 Å². The molecule has 0 amide bonds. The van der Waals surface area contributed by atoms with Gasteiger partial charge in [-0.2, -0.15) is 0 Å². The molecule has 1 aliphatic carbocycles. The summed E-state index contributed by atoms with van der Waals surface area (Å²) < 4.78 is 6.58. The first-order valence-electron chi connectivity index (χ1n) is 21.2. The van der Waals surface area contributed by atoms with Crippen LogP contribution in [0.3, 0.4) is 0 Å². The van der Waals surface area contributed by atoms with Crippen LogP contribution < -0.4 is 4.90 Å². The molecule has 12 rings (SSSR count). The van der Waals surface area contributed by atoms with Crippen LogP contribution in [0.4, 0.5) is 17.1 Å². The zero-order chi connectivity index (χ0) is 40.7. The van der Waals surface area contributed by atoms with Crippen molar-refractivity contribution in [2.75, 3.05) is 4.90 Å². The SMILES string of the molecule is CC1(C)c2ccccc2-c2c(-c3ccccc3N(c3ccc(-c4ccc5ccccc5c4)cc3)c3ccc(-c4cccc5oc6c7ccccc7ccc6c45)cc3)cccc21. The van der Waals surface area contributed by atoms with E-state index in [1.54, 1.807) is 0 Å². The number of fused-ring (bicyclic) bond motifs is 9. The highest BCUT2D eigenvalue weighted by Crippen LogP contribution is 2.54. The summed E-state index contributed by atoms with van der Waals surface area (Å²) in [6.07, 6.45) is 0. The Bertz CT molecular complexity index is 3500. The zero-order valence-electron chi connectivity index (χ0n) is 34.1. The Balaban J connectivity index is 1.02. The highest BCUT2D eigenvalue weighted by molar-refractivity contribution is 6.19. The van der Waals surface area contributed by atoms with Gasteiger partial charge in [-0.15, -0.1) is 0 Å². The first-order chi connectivity index (χ1) is 30.0. The molecule has 61 heavy (non-hydrogen) atoms. The molecule has 0 fully saturated rings. The Kier molecular flexibility index (Phi) is 7.92. The summed E-state index contributed by atoms with van der Waals surface area (Å²) in [6, 6.07) is 77.4. The Hall–Kier alpha value is -7.68. The molecule has 0 unspecified atom stereocenters. The van der Waals surface area contributed by atoms with Crippen molar-refractivity contribution in [3.05, 3.63) is 223 Å². The molecule has 1 heterocycles. The molecule has 1 aromatic heterocycles. The van der Waals surface area contributed by atoms with E-state index < -0.39 is 0 Å². The third kappa shape index (κ3) is 5.56. The van der Waals surface area contributed by atoms with Gasteiger partial charge in [0.1, 0.15) is 11.2 Å². The first kappa shape index (κ1) is 35.3. The molecule has 2 heteroatoms. The van der Waals surface area contributed by atoms with Gasteiger partial charge in [-0.05, 0) is 115 Å². The molecule has 0 radical (unpaired) electrons. The Morgan fingerprint density at radius 1 is 0.393 bits per heavy atom. The summed E-state index contributed by atoms with van der Waals surface area (Å²) in [4.78, 5) is 2.43. The molecule has 0 N–H and O–H groups in total. The minimum Gasteiger partial charge on any atom is -0.455 e. The van der Waals surface area contributed by atoms with E-state index in [0.717, 1.165) is 55.5 Å². The van der Waals surface area contributed by atoms with Crippen molar-refractivity contribution in [3.63, 3.8) is 0 Å². The van der Waals surface area contributed by atoms with Crippen LogP contribution >= 0.6 is 0 Å². The van der Waals surface area contributed by atoms with E-state index in [1.807, 2.05) is 0 Å². The lowest BCUT2D eigenvalue weighted by atomic mass is 9.82. The lowest BCUT2D eigenvalue weighted by Crippen LogP contribution is -2.14. The summed E-state index contributed by atoms with van der Waals surface area (Å²) in [5, 5.41) is 7.08. The lowest BCUT2D eigenvalue weighted by molar-refractivity contribution is 0.660. The molecule has 11 aromatic rings. The summed E-state index contributed by atoms with van der Waals surface area (Å²) in [7, 11) is 0. The van der Waals surface area contributed by atoms with Crippen LogP contribution in [0, 0.1) is 0 Å². The second-order valence-electron chi connectivity index (χ2n) is 16.9. The van der Waals surface area contributed by atoms with E-state index in [2.05, 4.69) is 231 Å². The topological polar surface area (TPSA) is 16.4 Å². The lowest BCUT2D eigenvalue weighted by Gasteiger charge is -2.29. The van der Waals surface area contributed by atoms with E-state index in [4.69, 9.17) is 4.42 Å². The van der Waals surface area contributed by atoms with Gasteiger partial charge >= 0.3 is 0 Å². The quantitative estimate of drug-likeness (QED) is 0.167. The van der Waals surface area contributed by atoms with Crippen molar-refractivity contribution in [2.45, 2.75) is 19.3 Å². The molecule has 0 spiro atoms. The van der Waals surface area contributed by atoms with Gasteiger partial charge in [0.05, 0.1) is 5.69 Å². The second kappa shape index (κ2) is 13.7. The fraction of sp³-hybridized carbons (Fsp3) is 0.0508. The van der Waals surface area contributed by atoms with Crippen LogP contribution in [0.2, 0.25) is 0 Å². The number of anilines is 3. The van der Waals surface area contributed by atoms with Gasteiger partial charge < -0.3 is 9.32 Å². The molecule has 0 saturated heterocycles. The zero-order valence-corrected chi connectivity index (χ0v) is 34.1. The van der Waals surface area contributed by atoms with Gasteiger partial charge in [0.15, 0.2) is 0 Å². The predicted octanol–water partition coefficient (Wildman–Crippen LogP) is 16.7. The largest absolute Gasteiger partial charge is 0.455 e. The van der Waals surface area contributed by atoms with E-state index >= 15 is 0 Å². The third-order valence-electron chi connectivity index (χ3n) is 13.1. The number of para-hydroxylation sites is 1. The molecular formula is C59H41NO. The normalized spacial score (nSPS) is 12.9. The molecule has 1 aliphatic rings. The molecule has 10 aromatic carbocycles. The van der Waals surface area contributed by atoms with Gasteiger partial charge in [-0.1, -0.05) is 178 Å². The molecule has 0 saturated carbocycles. The summed E-state index contributed by atoms with van der Waals surface area (Å²) in [5.41, 5.74) is 17.5. The average Bonchev–Trinajstić information content (AvgIpc) is 3.82. The van der Waals surface area contributed by atoms with E-state index in [1.165, 1.54) is 60.7 Å². The fourth-order valence-electron chi connectivity index (χ4n) is 10.1. The van der Waals surface area contributed by atoms with Gasteiger partial charge in [-0.3, -0.25) is 0 Å². The number of hydrogen-bond donors (Lipinski definition) is 0. The van der Waals surface area contributed by atoms with Gasteiger partial charge in [0, 0.05) is 38.5 Å². The second-order valence-corrected chi connectivity index (χ2v) is 16.9. The van der Waals surface area contributed by atoms with Crippen LogP contribution in [0.1, 0.15) is 25.0 Å². The van der Waals surface area contributed by atoms with Crippen molar-refractivity contribution >= 4 is 60.5 Å². The van der Waals surface area contributed by atoms with E-state index in [-0.39, 0.29) is 5.41 Å². The highest BCUT2D eigenvalue weighted by Gasteiger charge is 2.37. The minimum absolute atomic E-state index is 0.0960. The number of rotatable bonds is 6. The number of benzene rings is 10. The third-order valence-corrected chi connectivity index (χ3v) is 13.1. The number of furan rings is 1. The van der Waals surface area contributed by atoms with Gasteiger partial charge in [0.2, 0.25) is 0 Å². The summed E-state index contributed by atoms with van der Waals surface area (Å²) in [6.45, 7) is 4.71. The molecule has 2 nitrogen and oxygen atoms in total. The van der Waals surface area contributed by atoms with Crippen molar-refractivity contribution in [3.8, 4) is 44.5 Å². The standard InChI is InChI=1S/C59H41NO/c1-59(2)52-21-9-7-18-50(52)56-49(20-11-22-53(56)59)48-17-8-10-23-54(48)60(44-32-27-39(28-33-44)43-26-25-38-13-3-4-15-42(38)37-43)45-34-29-41(30-35-45)46-19-12-24-55-57(46)51-36-31-40-14-5-6-16-47(40)58(51)61-55/h3-37H,1-2H3. The van der Waals surface area contributed by atoms with Crippen LogP contribution in [0.5, 0.6) is 0 Å². The molecule has 288 valence electrons. The fourth-order valence-corrected chi connectivity index (χ4v) is 10.1. The average molecular weight is 780 g/mol. The highest BCUT2D eigenvalue weighted by atomic mass is 16.3. The van der Waals surface area contributed by atoms with Crippen LogP contribution in [-0.4, -0.2) is 0 Å². The van der Waals surface area contributed by atoms with Crippen LogP contribution in [0.25, 0.3) is 88.0 Å². The maximum Gasteiger partial charge on any atom is 0.143 e. The van der Waals surface area contributed by atoms with Gasteiger partial charge in [0.25, 0.3) is 0 Å². The maximum atomic E-state index is 6.58. The Morgan fingerprint density at radius 2 is 0.984 bits per heavy atom. The molecule has 0 atom stereocenters. The van der Waals surface area contributed by atoms with E-state index in [9.17, 15) is 0 Å². The Labute approximate surface area is 355 Å². The molecule has 0 aliphatic heterocycles. The number of hydrogen-bond acceptors (Lipinski definition) is 2. The van der Waals surface area contributed by atoms with Crippen molar-refractivity contribution < 1.29 is 4.42 Å². The summed E-state index contributed by atoms with van der Waals surface area (Å²) >= 11 is 0. The smallest absolute Gasteiger partial charge is 0.143 e. The summed E-state index contributed by atoms with van der Waals surface area (Å²) in [5.74, 6) is 0. The minimum atomic E-state index is -0.0960. The monoisotopic (exact) mass is 779 g/mol. The Morgan fingerprint density at radius 3 is 1.80 bits per heavy atom. The molecular weight excluding hydrogens is 739 g/mol. The predicted molar refractivity (Wildman–Crippen MR) is 257 cm³/mol. The number of nitrogens with zero attached hydrogens (tertiary/aromatic N) is 1. The maximum absolute atomic E-state index is 6.58. The van der Waals surface area contributed by atoms with Gasteiger partial charge in [-0.25, -0.2) is 0 Å². The first-order valence-corrected chi connectivity index (χ1v) is 21.2. The van der Waals surface area contributed by atoms with Crippen LogP contribution in [-0.2, 0) is 5.41 Å². The van der Waals surface area contributed by atoms with E-state index in [0.29, 0.717) is 0 Å². The van der Waals surface area contributed by atoms with Crippen LogP contribution in [0.15, 0.2) is 217 Å².